The number of benzene rings is 1. The van der Waals surface area contributed by atoms with E-state index >= 15 is 0 Å². The highest BCUT2D eigenvalue weighted by atomic mass is 14.9. The zero-order chi connectivity index (χ0) is 21.8. The van der Waals surface area contributed by atoms with Gasteiger partial charge in [-0.05, 0) is 69.7 Å². The average molecular weight is 394 g/mol. The van der Waals surface area contributed by atoms with Gasteiger partial charge in [-0.2, -0.15) is 0 Å². The molecule has 0 aliphatic carbocycles. The molecule has 0 bridgehead atoms. The van der Waals surface area contributed by atoms with Crippen molar-refractivity contribution < 1.29 is 0 Å². The van der Waals surface area contributed by atoms with Crippen LogP contribution in [0.5, 0.6) is 0 Å². The quantitative estimate of drug-likeness (QED) is 0.351. The van der Waals surface area contributed by atoms with Crippen molar-refractivity contribution in [1.29, 1.82) is 0 Å². The van der Waals surface area contributed by atoms with Gasteiger partial charge in [-0.15, -0.1) is 0 Å². The first-order valence-electron chi connectivity index (χ1n) is 9.76. The predicted molar refractivity (Wildman–Crippen MR) is 127 cm³/mol. The molecule has 2 heterocycles. The Balaban J connectivity index is 0.000000166. The van der Waals surface area contributed by atoms with Gasteiger partial charge in [0, 0.05) is 23.0 Å². The molecule has 0 atom stereocenters. The van der Waals surface area contributed by atoms with Crippen molar-refractivity contribution in [3.05, 3.63) is 115 Å². The predicted octanol–water partition coefficient (Wildman–Crippen LogP) is 6.81. The molecule has 4 rings (SSSR count). The Labute approximate surface area is 179 Å². The molecule has 2 aromatic carbocycles. The summed E-state index contributed by atoms with van der Waals surface area (Å²) in [5.41, 5.74) is 5.21. The smallest absolute Gasteiger partial charge is 0.154 e. The van der Waals surface area contributed by atoms with Gasteiger partial charge in [-0.1, -0.05) is 60.7 Å². The number of rotatable bonds is 2. The lowest BCUT2D eigenvalue weighted by Gasteiger charge is -1.97. The van der Waals surface area contributed by atoms with Crippen LogP contribution >= 0.6 is 0 Å². The Bertz CT molecular complexity index is 1100. The summed E-state index contributed by atoms with van der Waals surface area (Å²) in [6, 6.07) is 27.9. The highest BCUT2D eigenvalue weighted by Crippen LogP contribution is 2.13. The van der Waals surface area contributed by atoms with E-state index in [2.05, 4.69) is 52.7 Å². The van der Waals surface area contributed by atoms with Crippen molar-refractivity contribution in [1.82, 2.24) is 9.97 Å². The molecule has 0 aliphatic heterocycles. The molecular weight excluding hydrogens is 366 g/mol. The van der Waals surface area contributed by atoms with Crippen molar-refractivity contribution in [3.8, 4) is 0 Å². The van der Waals surface area contributed by atoms with Gasteiger partial charge in [-0.25, -0.2) is 15.0 Å². The Morgan fingerprint density at radius 3 is 2.37 bits per heavy atom. The molecule has 2 aromatic heterocycles. The molecule has 3 heteroatoms. The van der Waals surface area contributed by atoms with Crippen LogP contribution in [-0.2, 0) is 0 Å². The van der Waals surface area contributed by atoms with Gasteiger partial charge in [0.2, 0.25) is 0 Å². The summed E-state index contributed by atoms with van der Waals surface area (Å²) in [6.45, 7) is 11.6. The van der Waals surface area contributed by atoms with Crippen LogP contribution in [0.2, 0.25) is 0 Å². The molecule has 0 N–H and O–H groups in total. The third-order valence-corrected chi connectivity index (χ3v) is 4.10. The van der Waals surface area contributed by atoms with Gasteiger partial charge in [0.1, 0.15) is 5.52 Å². The first-order chi connectivity index (χ1) is 14.5. The second kappa shape index (κ2) is 11.9. The van der Waals surface area contributed by atoms with Crippen LogP contribution in [-0.4, -0.2) is 15.7 Å². The maximum absolute atomic E-state index is 4.29. The molecule has 3 nitrogen and oxygen atoms in total. The molecular formula is C27H27N3. The van der Waals surface area contributed by atoms with Crippen LogP contribution in [0.25, 0.3) is 10.9 Å². The molecule has 0 fully saturated rings. The van der Waals surface area contributed by atoms with Crippen molar-refractivity contribution in [2.75, 3.05) is 0 Å². The van der Waals surface area contributed by atoms with E-state index in [4.69, 9.17) is 0 Å². The van der Waals surface area contributed by atoms with Crippen molar-refractivity contribution in [2.24, 2.45) is 4.99 Å². The summed E-state index contributed by atoms with van der Waals surface area (Å²) in [7, 11) is 0. The normalized spacial score (nSPS) is 10.1. The van der Waals surface area contributed by atoms with Crippen LogP contribution in [0.15, 0.2) is 90.6 Å². The van der Waals surface area contributed by atoms with Gasteiger partial charge >= 0.3 is 0 Å². The SMILES string of the molecule is C=C/C(C)=N\c1ncccc1C.Cc1ccc2ccc#cc2n1.Cc1ccccc1. The van der Waals surface area contributed by atoms with E-state index in [-0.39, 0.29) is 0 Å². The Morgan fingerprint density at radius 1 is 0.967 bits per heavy atom. The van der Waals surface area contributed by atoms with Gasteiger partial charge in [0.05, 0.1) is 0 Å². The molecule has 0 radical (unpaired) electrons. The van der Waals surface area contributed by atoms with Crippen LogP contribution < -0.4 is 0 Å². The molecule has 0 saturated carbocycles. The van der Waals surface area contributed by atoms with Crippen LogP contribution in [0.3, 0.4) is 0 Å². The van der Waals surface area contributed by atoms with Crippen LogP contribution in [0, 0.1) is 32.9 Å². The van der Waals surface area contributed by atoms with Crippen LogP contribution in [0.4, 0.5) is 5.82 Å². The summed E-state index contributed by atoms with van der Waals surface area (Å²) in [4.78, 5) is 12.7. The van der Waals surface area contributed by atoms with Crippen LogP contribution in [0.1, 0.15) is 23.7 Å². The summed E-state index contributed by atoms with van der Waals surface area (Å²) >= 11 is 0. The van der Waals surface area contributed by atoms with E-state index < -0.39 is 0 Å². The third kappa shape index (κ3) is 7.69. The minimum absolute atomic E-state index is 0.773. The van der Waals surface area contributed by atoms with Gasteiger partial charge in [0.15, 0.2) is 5.82 Å². The van der Waals surface area contributed by atoms with E-state index in [1.807, 2.05) is 75.4 Å². The summed E-state index contributed by atoms with van der Waals surface area (Å²) in [6.07, 6.45) is 3.45. The van der Waals surface area contributed by atoms with E-state index in [1.165, 1.54) is 5.56 Å². The van der Waals surface area contributed by atoms with Gasteiger partial charge in [0.25, 0.3) is 0 Å². The van der Waals surface area contributed by atoms with E-state index in [1.54, 1.807) is 12.3 Å². The largest absolute Gasteiger partial charge is 0.244 e. The standard InChI is InChI=1S/C10H12N2.C10H7N.C7H8/c1-4-9(3)12-10-8(2)6-5-7-11-10;1-8-6-7-9-4-2-3-5-10(9)11-8;1-7-5-3-2-4-6-7/h4-7H,1H2,2-3H3;2,4,6-7H,1H3;2-6H,1H3/b12-9-;;. The molecule has 0 spiro atoms. The zero-order valence-electron chi connectivity index (χ0n) is 18.1. The molecule has 30 heavy (non-hydrogen) atoms. The van der Waals surface area contributed by atoms with E-state index in [0.29, 0.717) is 0 Å². The zero-order valence-corrected chi connectivity index (χ0v) is 18.1. The second-order valence-corrected chi connectivity index (χ2v) is 6.75. The van der Waals surface area contributed by atoms with Gasteiger partial charge in [-0.3, -0.25) is 0 Å². The van der Waals surface area contributed by atoms with Gasteiger partial charge < -0.3 is 0 Å². The lowest BCUT2D eigenvalue weighted by molar-refractivity contribution is 1.22. The Kier molecular flexibility index (Phi) is 8.96. The number of pyridine rings is 2. The minimum atomic E-state index is 0.773. The Morgan fingerprint density at radius 2 is 1.73 bits per heavy atom. The number of hydrogen-bond acceptors (Lipinski definition) is 3. The monoisotopic (exact) mass is 393 g/mol. The highest BCUT2D eigenvalue weighted by molar-refractivity contribution is 5.94. The molecule has 0 amide bonds. The van der Waals surface area contributed by atoms with Crippen molar-refractivity contribution in [2.45, 2.75) is 27.7 Å². The lowest BCUT2D eigenvalue weighted by Crippen LogP contribution is -1.85. The summed E-state index contributed by atoms with van der Waals surface area (Å²) in [5.74, 6) is 0.773. The van der Waals surface area contributed by atoms with E-state index in [0.717, 1.165) is 33.7 Å². The third-order valence-electron chi connectivity index (χ3n) is 4.10. The number of aromatic nitrogens is 2. The topological polar surface area (TPSA) is 38.1 Å². The number of nitrogens with zero attached hydrogens (tertiary/aromatic N) is 3. The first-order valence-corrected chi connectivity index (χ1v) is 9.76. The molecule has 150 valence electrons. The fraction of sp³-hybridized carbons (Fsp3) is 0.148. The maximum Gasteiger partial charge on any atom is 0.154 e. The summed E-state index contributed by atoms with van der Waals surface area (Å²) in [5, 5.41) is 1.12. The second-order valence-electron chi connectivity index (χ2n) is 6.75. The molecule has 0 aliphatic rings. The number of aliphatic imine (C=N–C) groups is 1. The molecule has 0 unspecified atom stereocenters. The Hall–Kier alpha value is -3.77. The average Bonchev–Trinajstić information content (AvgIpc) is 2.76. The minimum Gasteiger partial charge on any atom is -0.244 e. The number of aryl methyl sites for hydroxylation is 3. The fourth-order valence-corrected chi connectivity index (χ4v) is 2.39. The summed E-state index contributed by atoms with van der Waals surface area (Å²) < 4.78 is 0. The van der Waals surface area contributed by atoms with Crippen molar-refractivity contribution >= 4 is 22.4 Å². The lowest BCUT2D eigenvalue weighted by atomic mass is 10.2. The molecule has 0 saturated heterocycles. The number of fused-ring (bicyclic) bond motifs is 1. The highest BCUT2D eigenvalue weighted by Gasteiger charge is 1.94. The fourth-order valence-electron chi connectivity index (χ4n) is 2.39. The number of hydrogen-bond donors (Lipinski definition) is 0. The van der Waals surface area contributed by atoms with E-state index in [9.17, 15) is 0 Å². The molecule has 4 aromatic rings. The number of allylic oxidation sites excluding steroid dienone is 1. The van der Waals surface area contributed by atoms with Crippen molar-refractivity contribution in [3.63, 3.8) is 0 Å². The maximum atomic E-state index is 4.29. The first kappa shape index (κ1) is 22.5.